The third-order valence-corrected chi connectivity index (χ3v) is 6.73. The van der Waals surface area contributed by atoms with E-state index in [-0.39, 0.29) is 34.5 Å². The van der Waals surface area contributed by atoms with Crippen molar-refractivity contribution in [2.24, 2.45) is 5.41 Å². The Bertz CT molecular complexity index is 1190. The van der Waals surface area contributed by atoms with E-state index in [9.17, 15) is 29.7 Å². The first kappa shape index (κ1) is 34.6. The Balaban J connectivity index is 1.79. The molecule has 10 nitrogen and oxygen atoms in total. The van der Waals surface area contributed by atoms with Gasteiger partial charge in [-0.25, -0.2) is 14.4 Å². The molecule has 232 valence electrons. The third-order valence-electron chi connectivity index (χ3n) is 6.73. The van der Waals surface area contributed by atoms with E-state index < -0.39 is 48.9 Å². The Morgan fingerprint density at radius 2 is 1.26 bits per heavy atom. The third kappa shape index (κ3) is 11.3. The number of carbonyl (C=O) groups excluding carboxylic acids is 3. The molecule has 2 unspecified atom stereocenters. The maximum Gasteiger partial charge on any atom is 0.342 e. The van der Waals surface area contributed by atoms with E-state index in [2.05, 4.69) is 20.8 Å². The van der Waals surface area contributed by atoms with Crippen LogP contribution in [-0.4, -0.2) is 70.9 Å². The minimum absolute atomic E-state index is 0.0610. The lowest BCUT2D eigenvalue weighted by Crippen LogP contribution is -2.27. The Morgan fingerprint density at radius 1 is 0.762 bits per heavy atom. The average molecular weight is 589 g/mol. The van der Waals surface area contributed by atoms with Crippen LogP contribution in [0.2, 0.25) is 0 Å². The van der Waals surface area contributed by atoms with Crippen molar-refractivity contribution < 1.29 is 48.7 Å². The molecule has 2 aromatic carbocycles. The number of phenolic OH excluding ortho intramolecular Hbond substituents is 1. The van der Waals surface area contributed by atoms with Crippen LogP contribution in [0.1, 0.15) is 98.3 Å². The smallest absolute Gasteiger partial charge is 0.342 e. The quantitative estimate of drug-likeness (QED) is 0.179. The standard InChI is InChI=1S/C32H44O10/c1-7-15-31(3,4)17-23(33)18-39-28(36)21-9-11-22(12-10-21)29(37)40-19-24(34)20-41-30(38)26-14-13-25(16-27(26)35)42-32(5,6)8-2/h9-14,16,23-24,33-35H,7-8,15,17-20H2,1-6H3. The second kappa shape index (κ2) is 15.6. The number of phenols is 1. The molecule has 0 aromatic heterocycles. The zero-order valence-corrected chi connectivity index (χ0v) is 25.3. The molecule has 3 N–H and O–H groups in total. The summed E-state index contributed by atoms with van der Waals surface area (Å²) in [5, 5.41) is 30.5. The molecule has 0 radical (unpaired) electrons. The predicted octanol–water partition coefficient (Wildman–Crippen LogP) is 5.07. The lowest BCUT2D eigenvalue weighted by molar-refractivity contribution is -0.00482. The minimum Gasteiger partial charge on any atom is -0.507 e. The summed E-state index contributed by atoms with van der Waals surface area (Å²) in [6, 6.07) is 9.77. The van der Waals surface area contributed by atoms with Gasteiger partial charge in [-0.15, -0.1) is 0 Å². The minimum atomic E-state index is -1.31. The molecule has 0 amide bonds. The van der Waals surface area contributed by atoms with E-state index in [0.29, 0.717) is 12.2 Å². The number of esters is 3. The van der Waals surface area contributed by atoms with E-state index in [4.69, 9.17) is 18.9 Å². The number of aliphatic hydroxyl groups is 2. The molecule has 10 heteroatoms. The number of ether oxygens (including phenoxy) is 4. The second-order valence-electron chi connectivity index (χ2n) is 11.7. The second-order valence-corrected chi connectivity index (χ2v) is 11.7. The highest BCUT2D eigenvalue weighted by molar-refractivity contribution is 5.93. The molecular formula is C32H44O10. The fourth-order valence-electron chi connectivity index (χ4n) is 4.16. The van der Waals surface area contributed by atoms with E-state index in [0.717, 1.165) is 19.3 Å². The maximum absolute atomic E-state index is 12.4. The molecule has 42 heavy (non-hydrogen) atoms. The van der Waals surface area contributed by atoms with Crippen LogP contribution in [0.15, 0.2) is 42.5 Å². The topological polar surface area (TPSA) is 149 Å². The van der Waals surface area contributed by atoms with Gasteiger partial charge in [-0.3, -0.25) is 0 Å². The zero-order valence-electron chi connectivity index (χ0n) is 25.3. The monoisotopic (exact) mass is 588 g/mol. The largest absolute Gasteiger partial charge is 0.507 e. The van der Waals surface area contributed by atoms with Crippen LogP contribution in [0.4, 0.5) is 0 Å². The zero-order chi connectivity index (χ0) is 31.5. The summed E-state index contributed by atoms with van der Waals surface area (Å²) in [5.41, 5.74) is -0.270. The Kier molecular flexibility index (Phi) is 12.8. The highest BCUT2D eigenvalue weighted by Crippen LogP contribution is 2.29. The van der Waals surface area contributed by atoms with Crippen LogP contribution < -0.4 is 4.74 Å². The van der Waals surface area contributed by atoms with Crippen molar-refractivity contribution in [3.8, 4) is 11.5 Å². The van der Waals surface area contributed by atoms with Crippen molar-refractivity contribution in [2.45, 2.75) is 85.0 Å². The molecular weight excluding hydrogens is 544 g/mol. The summed E-state index contributed by atoms with van der Waals surface area (Å²) in [5.74, 6) is -2.17. The van der Waals surface area contributed by atoms with E-state index in [1.165, 1.54) is 42.5 Å². The van der Waals surface area contributed by atoms with Gasteiger partial charge >= 0.3 is 17.9 Å². The van der Waals surface area contributed by atoms with E-state index in [1.54, 1.807) is 0 Å². The van der Waals surface area contributed by atoms with Crippen molar-refractivity contribution >= 4 is 17.9 Å². The molecule has 2 rings (SSSR count). The van der Waals surface area contributed by atoms with Crippen molar-refractivity contribution in [3.63, 3.8) is 0 Å². The van der Waals surface area contributed by atoms with Crippen LogP contribution in [0, 0.1) is 5.41 Å². The summed E-state index contributed by atoms with van der Waals surface area (Å²) < 4.78 is 21.1. The first-order valence-corrected chi connectivity index (χ1v) is 14.2. The highest BCUT2D eigenvalue weighted by atomic mass is 16.6. The first-order chi connectivity index (χ1) is 19.7. The van der Waals surface area contributed by atoms with Crippen molar-refractivity contribution in [3.05, 3.63) is 59.2 Å². The predicted molar refractivity (Wildman–Crippen MR) is 156 cm³/mol. The molecule has 0 heterocycles. The van der Waals surface area contributed by atoms with Crippen LogP contribution in [0.5, 0.6) is 11.5 Å². The van der Waals surface area contributed by atoms with Crippen molar-refractivity contribution in [1.29, 1.82) is 0 Å². The van der Waals surface area contributed by atoms with Gasteiger partial charge in [-0.05, 0) is 74.9 Å². The Morgan fingerprint density at radius 3 is 1.74 bits per heavy atom. The SMILES string of the molecule is CCCC(C)(C)CC(O)COC(=O)c1ccc(C(=O)OCC(O)COC(=O)c2ccc(OC(C)(C)CC)cc2O)cc1. The summed E-state index contributed by atoms with van der Waals surface area (Å²) in [6.45, 7) is 10.9. The summed E-state index contributed by atoms with van der Waals surface area (Å²) in [6.07, 6.45) is 1.10. The van der Waals surface area contributed by atoms with E-state index in [1.807, 2.05) is 20.8 Å². The molecule has 0 saturated heterocycles. The van der Waals surface area contributed by atoms with Crippen LogP contribution in [0.25, 0.3) is 0 Å². The first-order valence-electron chi connectivity index (χ1n) is 14.2. The number of rotatable bonds is 16. The summed E-state index contributed by atoms with van der Waals surface area (Å²) in [7, 11) is 0. The van der Waals surface area contributed by atoms with Gasteiger partial charge in [0.05, 0.1) is 17.2 Å². The van der Waals surface area contributed by atoms with Crippen molar-refractivity contribution in [1.82, 2.24) is 0 Å². The van der Waals surface area contributed by atoms with Gasteiger partial charge in [-0.1, -0.05) is 34.1 Å². The molecule has 0 bridgehead atoms. The fraction of sp³-hybridized carbons (Fsp3) is 0.531. The number of aromatic hydroxyl groups is 1. The van der Waals surface area contributed by atoms with Gasteiger partial charge in [0.25, 0.3) is 0 Å². The molecule has 0 fully saturated rings. The lowest BCUT2D eigenvalue weighted by Gasteiger charge is -2.26. The molecule has 0 aliphatic carbocycles. The van der Waals surface area contributed by atoms with Crippen LogP contribution in [-0.2, 0) is 14.2 Å². The number of hydrogen-bond donors (Lipinski definition) is 3. The van der Waals surface area contributed by atoms with Gasteiger partial charge in [0, 0.05) is 6.07 Å². The molecule has 0 aliphatic heterocycles. The molecule has 0 aliphatic rings. The molecule has 2 aromatic rings. The average Bonchev–Trinajstić information content (AvgIpc) is 2.93. The molecule has 2 atom stereocenters. The molecule has 0 saturated carbocycles. The Labute approximate surface area is 247 Å². The maximum atomic E-state index is 12.4. The van der Waals surface area contributed by atoms with Gasteiger partial charge in [0.2, 0.25) is 0 Å². The normalized spacial score (nSPS) is 13.1. The van der Waals surface area contributed by atoms with Gasteiger partial charge in [0.1, 0.15) is 48.6 Å². The molecule has 0 spiro atoms. The van der Waals surface area contributed by atoms with Crippen molar-refractivity contribution in [2.75, 3.05) is 19.8 Å². The summed E-state index contributed by atoms with van der Waals surface area (Å²) in [4.78, 5) is 37.0. The highest BCUT2D eigenvalue weighted by Gasteiger charge is 2.23. The van der Waals surface area contributed by atoms with Gasteiger partial charge in [0.15, 0.2) is 0 Å². The summed E-state index contributed by atoms with van der Waals surface area (Å²) >= 11 is 0. The number of aliphatic hydroxyl groups excluding tert-OH is 2. The lowest BCUT2D eigenvalue weighted by atomic mass is 9.82. The van der Waals surface area contributed by atoms with Gasteiger partial charge in [-0.2, -0.15) is 0 Å². The van der Waals surface area contributed by atoms with Gasteiger partial charge < -0.3 is 34.3 Å². The number of benzene rings is 2. The number of carbonyl (C=O) groups is 3. The Hall–Kier alpha value is -3.63. The van der Waals surface area contributed by atoms with Crippen LogP contribution >= 0.6 is 0 Å². The fourth-order valence-corrected chi connectivity index (χ4v) is 4.16. The van der Waals surface area contributed by atoms with Crippen LogP contribution in [0.3, 0.4) is 0 Å². The number of hydrogen-bond acceptors (Lipinski definition) is 10. The van der Waals surface area contributed by atoms with E-state index >= 15 is 0 Å².